The van der Waals surface area contributed by atoms with Gasteiger partial charge in [-0.25, -0.2) is 8.42 Å². The van der Waals surface area contributed by atoms with E-state index in [4.69, 9.17) is 5.73 Å². The van der Waals surface area contributed by atoms with E-state index in [0.29, 0.717) is 12.1 Å². The summed E-state index contributed by atoms with van der Waals surface area (Å²) in [7, 11) is -3.87. The molecule has 1 aromatic rings. The van der Waals surface area contributed by atoms with Gasteiger partial charge in [0.15, 0.2) is 0 Å². The summed E-state index contributed by atoms with van der Waals surface area (Å²) in [5.41, 5.74) is 6.85. The summed E-state index contributed by atoms with van der Waals surface area (Å²) in [6.45, 7) is 1.25. The average molecular weight is 297 g/mol. The third-order valence-electron chi connectivity index (χ3n) is 3.01. The van der Waals surface area contributed by atoms with Crippen LogP contribution in [0.5, 0.6) is 0 Å². The van der Waals surface area contributed by atoms with Gasteiger partial charge in [0.1, 0.15) is 0 Å². The second-order valence-corrected chi connectivity index (χ2v) is 6.45. The number of piperazine rings is 1. The van der Waals surface area contributed by atoms with Gasteiger partial charge in [-0.15, -0.1) is 0 Å². The van der Waals surface area contributed by atoms with Crippen LogP contribution in [0.25, 0.3) is 0 Å². The predicted octanol–water partition coefficient (Wildman–Crippen LogP) is -0.899. The quantitative estimate of drug-likeness (QED) is 0.703. The van der Waals surface area contributed by atoms with Gasteiger partial charge in [-0.1, -0.05) is 12.1 Å². The van der Waals surface area contributed by atoms with Crippen LogP contribution in [0.1, 0.15) is 11.1 Å². The molecule has 1 saturated heterocycles. The van der Waals surface area contributed by atoms with Crippen molar-refractivity contribution in [3.63, 3.8) is 0 Å². The molecule has 0 saturated carbocycles. The molecule has 7 nitrogen and oxygen atoms in total. The van der Waals surface area contributed by atoms with E-state index in [1.165, 1.54) is 6.07 Å². The van der Waals surface area contributed by atoms with E-state index in [9.17, 15) is 18.0 Å². The molecule has 2 amide bonds. The summed E-state index contributed by atoms with van der Waals surface area (Å²) in [6, 6.07) is 4.74. The van der Waals surface area contributed by atoms with Crippen molar-refractivity contribution in [2.24, 2.45) is 5.73 Å². The minimum absolute atomic E-state index is 0.0807. The standard InChI is InChI=1S/C12H15N3O4S/c1-8-4-9(5-13)2-3-10(8)20(18,19)15-6-11(16)14-12(17)7-15/h2-4H,5-7,13H2,1H3,(H,14,16,17). The number of nitrogens with zero attached hydrogens (tertiary/aromatic N) is 1. The lowest BCUT2D eigenvalue weighted by Crippen LogP contribution is -2.53. The van der Waals surface area contributed by atoms with E-state index < -0.39 is 21.8 Å². The molecule has 20 heavy (non-hydrogen) atoms. The first-order chi connectivity index (χ1) is 9.34. The summed E-state index contributed by atoms with van der Waals surface area (Å²) in [6.07, 6.45) is 0. The molecule has 0 aromatic heterocycles. The Kier molecular flexibility index (Phi) is 3.89. The fraction of sp³-hybridized carbons (Fsp3) is 0.333. The highest BCUT2D eigenvalue weighted by Gasteiger charge is 2.33. The van der Waals surface area contributed by atoms with E-state index in [-0.39, 0.29) is 18.0 Å². The van der Waals surface area contributed by atoms with Gasteiger partial charge in [-0.3, -0.25) is 14.9 Å². The van der Waals surface area contributed by atoms with Gasteiger partial charge < -0.3 is 5.73 Å². The van der Waals surface area contributed by atoms with Crippen LogP contribution in [-0.2, 0) is 26.2 Å². The van der Waals surface area contributed by atoms with Crippen LogP contribution in [0, 0.1) is 6.92 Å². The number of carbonyl (C=O) groups excluding carboxylic acids is 2. The van der Waals surface area contributed by atoms with Crippen molar-refractivity contribution in [3.8, 4) is 0 Å². The Morgan fingerprint density at radius 1 is 1.25 bits per heavy atom. The van der Waals surface area contributed by atoms with E-state index in [0.717, 1.165) is 9.87 Å². The molecule has 0 unspecified atom stereocenters. The number of aryl methyl sites for hydroxylation is 1. The molecule has 1 aliphatic heterocycles. The molecule has 0 spiro atoms. The number of nitrogens with two attached hydrogens (primary N) is 1. The third kappa shape index (κ3) is 2.72. The minimum atomic E-state index is -3.87. The summed E-state index contributed by atoms with van der Waals surface area (Å²) in [4.78, 5) is 22.7. The third-order valence-corrected chi connectivity index (χ3v) is 4.96. The van der Waals surface area contributed by atoms with Crippen LogP contribution in [0.4, 0.5) is 0 Å². The zero-order chi connectivity index (χ0) is 14.9. The number of carbonyl (C=O) groups is 2. The molecule has 0 radical (unpaired) electrons. The SMILES string of the molecule is Cc1cc(CN)ccc1S(=O)(=O)N1CC(=O)NC(=O)C1. The topological polar surface area (TPSA) is 110 Å². The Hall–Kier alpha value is -1.77. The second-order valence-electron chi connectivity index (χ2n) is 4.55. The molecule has 2 rings (SSSR count). The molecular weight excluding hydrogens is 282 g/mol. The van der Waals surface area contributed by atoms with Crippen LogP contribution in [-0.4, -0.2) is 37.6 Å². The van der Waals surface area contributed by atoms with Gasteiger partial charge in [-0.05, 0) is 24.1 Å². The van der Waals surface area contributed by atoms with Crippen molar-refractivity contribution in [2.45, 2.75) is 18.4 Å². The zero-order valence-corrected chi connectivity index (χ0v) is 11.7. The number of imide groups is 1. The van der Waals surface area contributed by atoms with Crippen molar-refractivity contribution in [1.29, 1.82) is 0 Å². The predicted molar refractivity (Wildman–Crippen MR) is 71.0 cm³/mol. The maximum atomic E-state index is 12.5. The lowest BCUT2D eigenvalue weighted by Gasteiger charge is -2.25. The number of nitrogens with one attached hydrogen (secondary N) is 1. The van der Waals surface area contributed by atoms with Gasteiger partial charge >= 0.3 is 0 Å². The minimum Gasteiger partial charge on any atom is -0.326 e. The Bertz CT molecular complexity index is 653. The summed E-state index contributed by atoms with van der Waals surface area (Å²) in [5.74, 6) is -1.25. The van der Waals surface area contributed by atoms with E-state index in [1.54, 1.807) is 19.1 Å². The molecule has 108 valence electrons. The highest BCUT2D eigenvalue weighted by molar-refractivity contribution is 7.89. The maximum Gasteiger partial charge on any atom is 0.244 e. The number of hydrogen-bond donors (Lipinski definition) is 2. The molecule has 0 atom stereocenters. The first-order valence-electron chi connectivity index (χ1n) is 5.97. The van der Waals surface area contributed by atoms with Crippen LogP contribution < -0.4 is 11.1 Å². The smallest absolute Gasteiger partial charge is 0.244 e. The highest BCUT2D eigenvalue weighted by Crippen LogP contribution is 2.21. The van der Waals surface area contributed by atoms with Crippen LogP contribution in [0.2, 0.25) is 0 Å². The normalized spacial score (nSPS) is 17.1. The Labute approximate surface area is 116 Å². The van der Waals surface area contributed by atoms with Crippen LogP contribution >= 0.6 is 0 Å². The Balaban J connectivity index is 2.39. The monoisotopic (exact) mass is 297 g/mol. The van der Waals surface area contributed by atoms with Crippen molar-refractivity contribution in [3.05, 3.63) is 29.3 Å². The van der Waals surface area contributed by atoms with Crippen molar-refractivity contribution < 1.29 is 18.0 Å². The molecule has 0 bridgehead atoms. The summed E-state index contributed by atoms with van der Waals surface area (Å²) >= 11 is 0. The lowest BCUT2D eigenvalue weighted by atomic mass is 10.1. The number of rotatable bonds is 3. The number of amides is 2. The number of hydrogen-bond acceptors (Lipinski definition) is 5. The molecule has 8 heteroatoms. The van der Waals surface area contributed by atoms with Gasteiger partial charge in [0.2, 0.25) is 21.8 Å². The van der Waals surface area contributed by atoms with Gasteiger partial charge in [0.25, 0.3) is 0 Å². The molecule has 0 aliphatic carbocycles. The second kappa shape index (κ2) is 5.31. The van der Waals surface area contributed by atoms with E-state index in [2.05, 4.69) is 5.32 Å². The fourth-order valence-electron chi connectivity index (χ4n) is 2.05. The fourth-order valence-corrected chi connectivity index (χ4v) is 3.61. The molecule has 3 N–H and O–H groups in total. The Morgan fingerprint density at radius 3 is 2.35 bits per heavy atom. The van der Waals surface area contributed by atoms with Crippen LogP contribution in [0.3, 0.4) is 0 Å². The van der Waals surface area contributed by atoms with Crippen molar-refractivity contribution in [2.75, 3.05) is 13.1 Å². The summed E-state index contributed by atoms with van der Waals surface area (Å²) < 4.78 is 25.8. The molecule has 1 aliphatic rings. The average Bonchev–Trinajstić information content (AvgIpc) is 2.37. The zero-order valence-electron chi connectivity index (χ0n) is 10.9. The largest absolute Gasteiger partial charge is 0.326 e. The van der Waals surface area contributed by atoms with Gasteiger partial charge in [-0.2, -0.15) is 4.31 Å². The van der Waals surface area contributed by atoms with E-state index >= 15 is 0 Å². The van der Waals surface area contributed by atoms with Gasteiger partial charge in [0, 0.05) is 6.54 Å². The Morgan fingerprint density at radius 2 is 1.85 bits per heavy atom. The molecular formula is C12H15N3O4S. The molecule has 1 aromatic carbocycles. The summed E-state index contributed by atoms with van der Waals surface area (Å²) in [5, 5.41) is 2.07. The highest BCUT2D eigenvalue weighted by atomic mass is 32.2. The first kappa shape index (κ1) is 14.6. The number of sulfonamides is 1. The molecule has 1 fully saturated rings. The van der Waals surface area contributed by atoms with Crippen molar-refractivity contribution in [1.82, 2.24) is 9.62 Å². The first-order valence-corrected chi connectivity index (χ1v) is 7.41. The van der Waals surface area contributed by atoms with Crippen molar-refractivity contribution >= 4 is 21.8 Å². The lowest BCUT2D eigenvalue weighted by molar-refractivity contribution is -0.134. The molecule has 1 heterocycles. The number of benzene rings is 1. The van der Waals surface area contributed by atoms with E-state index in [1.807, 2.05) is 0 Å². The maximum absolute atomic E-state index is 12.5. The van der Waals surface area contributed by atoms with Gasteiger partial charge in [0.05, 0.1) is 18.0 Å². The van der Waals surface area contributed by atoms with Crippen LogP contribution in [0.15, 0.2) is 23.1 Å².